The van der Waals surface area contributed by atoms with E-state index < -0.39 is 17.1 Å². The molecular weight excluding hydrogens is 359 g/mol. The summed E-state index contributed by atoms with van der Waals surface area (Å²) in [5.74, 6) is -0.469. The van der Waals surface area contributed by atoms with Gasteiger partial charge in [0.2, 0.25) is 0 Å². The third-order valence-electron chi connectivity index (χ3n) is 4.94. The molecule has 4 aromatic rings. The molecule has 142 valence electrons. The lowest BCUT2D eigenvalue weighted by molar-refractivity contribution is 0.620. The SMILES string of the molecule is CCn1c(=O)c2c(ncn2C(C)c2ccccc2)n(-c2cccc(F)c2)c1=O. The summed E-state index contributed by atoms with van der Waals surface area (Å²) in [5, 5.41) is 0. The van der Waals surface area contributed by atoms with Crippen molar-refractivity contribution in [1.82, 2.24) is 18.7 Å². The van der Waals surface area contributed by atoms with Gasteiger partial charge in [-0.2, -0.15) is 0 Å². The molecule has 0 bridgehead atoms. The summed E-state index contributed by atoms with van der Waals surface area (Å²) in [7, 11) is 0. The van der Waals surface area contributed by atoms with E-state index in [9.17, 15) is 14.0 Å². The van der Waals surface area contributed by atoms with Crippen LogP contribution in [0, 0.1) is 5.82 Å². The van der Waals surface area contributed by atoms with Crippen molar-refractivity contribution in [3.05, 3.63) is 93.1 Å². The van der Waals surface area contributed by atoms with Gasteiger partial charge in [-0.1, -0.05) is 36.4 Å². The molecule has 1 atom stereocenters. The Morgan fingerprint density at radius 1 is 1.07 bits per heavy atom. The van der Waals surface area contributed by atoms with E-state index in [2.05, 4.69) is 4.98 Å². The van der Waals surface area contributed by atoms with E-state index in [-0.39, 0.29) is 18.2 Å². The third-order valence-corrected chi connectivity index (χ3v) is 4.94. The average molecular weight is 378 g/mol. The van der Waals surface area contributed by atoms with Gasteiger partial charge in [0.15, 0.2) is 11.2 Å². The zero-order valence-corrected chi connectivity index (χ0v) is 15.5. The second-order valence-corrected chi connectivity index (χ2v) is 6.56. The Bertz CT molecular complexity index is 1270. The van der Waals surface area contributed by atoms with Crippen molar-refractivity contribution >= 4 is 11.2 Å². The predicted molar refractivity (Wildman–Crippen MR) is 105 cm³/mol. The van der Waals surface area contributed by atoms with Gasteiger partial charge in [0, 0.05) is 6.54 Å². The maximum atomic E-state index is 13.8. The molecule has 2 aromatic carbocycles. The molecule has 1 unspecified atom stereocenters. The number of halogens is 1. The molecule has 0 aliphatic carbocycles. The van der Waals surface area contributed by atoms with Gasteiger partial charge in [-0.3, -0.25) is 9.36 Å². The van der Waals surface area contributed by atoms with Crippen LogP contribution in [0.25, 0.3) is 16.9 Å². The smallest absolute Gasteiger partial charge is 0.317 e. The lowest BCUT2D eigenvalue weighted by Gasteiger charge is -2.16. The van der Waals surface area contributed by atoms with Gasteiger partial charge in [0.05, 0.1) is 18.1 Å². The van der Waals surface area contributed by atoms with E-state index in [0.29, 0.717) is 11.2 Å². The molecule has 0 aliphatic rings. The summed E-state index contributed by atoms with van der Waals surface area (Å²) >= 11 is 0. The molecular formula is C21H19FN4O2. The average Bonchev–Trinajstić information content (AvgIpc) is 3.13. The Labute approximate surface area is 160 Å². The van der Waals surface area contributed by atoms with Gasteiger partial charge in [-0.15, -0.1) is 0 Å². The Balaban J connectivity index is 2.06. The lowest BCUT2D eigenvalue weighted by atomic mass is 10.1. The molecule has 0 spiro atoms. The summed E-state index contributed by atoms with van der Waals surface area (Å²) in [6.07, 6.45) is 1.55. The number of nitrogens with zero attached hydrogens (tertiary/aromatic N) is 4. The van der Waals surface area contributed by atoms with E-state index in [1.807, 2.05) is 37.3 Å². The van der Waals surface area contributed by atoms with Gasteiger partial charge in [0.1, 0.15) is 5.82 Å². The summed E-state index contributed by atoms with van der Waals surface area (Å²) in [6, 6.07) is 15.3. The third kappa shape index (κ3) is 2.76. The van der Waals surface area contributed by atoms with E-state index in [4.69, 9.17) is 0 Å². The fourth-order valence-corrected chi connectivity index (χ4v) is 3.46. The minimum atomic E-state index is -0.539. The molecule has 0 fully saturated rings. The highest BCUT2D eigenvalue weighted by atomic mass is 19.1. The largest absolute Gasteiger partial charge is 0.337 e. The Kier molecular flexibility index (Phi) is 4.43. The number of aromatic nitrogens is 4. The van der Waals surface area contributed by atoms with Gasteiger partial charge < -0.3 is 4.57 Å². The fraction of sp³-hybridized carbons (Fsp3) is 0.190. The van der Waals surface area contributed by atoms with Crippen LogP contribution in [0.5, 0.6) is 0 Å². The maximum absolute atomic E-state index is 13.8. The van der Waals surface area contributed by atoms with E-state index in [0.717, 1.165) is 10.1 Å². The molecule has 0 N–H and O–H groups in total. The zero-order valence-electron chi connectivity index (χ0n) is 15.5. The van der Waals surface area contributed by atoms with Crippen molar-refractivity contribution in [1.29, 1.82) is 0 Å². The number of hydrogen-bond donors (Lipinski definition) is 0. The topological polar surface area (TPSA) is 61.8 Å². The quantitative estimate of drug-likeness (QED) is 0.548. The number of rotatable bonds is 4. The number of hydrogen-bond acceptors (Lipinski definition) is 3. The van der Waals surface area contributed by atoms with E-state index in [1.165, 1.54) is 22.8 Å². The van der Waals surface area contributed by atoms with Crippen LogP contribution in [-0.4, -0.2) is 18.7 Å². The first-order chi connectivity index (χ1) is 13.5. The molecule has 28 heavy (non-hydrogen) atoms. The van der Waals surface area contributed by atoms with Crippen molar-refractivity contribution < 1.29 is 4.39 Å². The molecule has 0 aliphatic heterocycles. The van der Waals surface area contributed by atoms with Crippen LogP contribution < -0.4 is 11.2 Å². The Morgan fingerprint density at radius 3 is 2.50 bits per heavy atom. The number of fused-ring (bicyclic) bond motifs is 1. The number of imidazole rings is 1. The molecule has 7 heteroatoms. The molecule has 2 aromatic heterocycles. The van der Waals surface area contributed by atoms with Crippen LogP contribution in [0.2, 0.25) is 0 Å². The monoisotopic (exact) mass is 378 g/mol. The molecule has 4 rings (SSSR count). The van der Waals surface area contributed by atoms with Gasteiger partial charge in [0.25, 0.3) is 5.56 Å². The van der Waals surface area contributed by atoms with Crippen LogP contribution in [0.1, 0.15) is 25.5 Å². The Morgan fingerprint density at radius 2 is 1.82 bits per heavy atom. The molecule has 0 saturated heterocycles. The summed E-state index contributed by atoms with van der Waals surface area (Å²) in [5.41, 5.74) is 0.913. The van der Waals surface area contributed by atoms with Crippen LogP contribution >= 0.6 is 0 Å². The highest BCUT2D eigenvalue weighted by Gasteiger charge is 2.21. The van der Waals surface area contributed by atoms with E-state index in [1.54, 1.807) is 23.9 Å². The van der Waals surface area contributed by atoms with Gasteiger partial charge in [-0.05, 0) is 37.6 Å². The summed E-state index contributed by atoms with van der Waals surface area (Å²) in [6.45, 7) is 3.89. The minimum Gasteiger partial charge on any atom is -0.317 e. The molecule has 0 amide bonds. The van der Waals surface area contributed by atoms with Crippen LogP contribution in [-0.2, 0) is 6.54 Å². The fourth-order valence-electron chi connectivity index (χ4n) is 3.46. The summed E-state index contributed by atoms with van der Waals surface area (Å²) in [4.78, 5) is 30.4. The predicted octanol–water partition coefficient (Wildman–Crippen LogP) is 3.12. The van der Waals surface area contributed by atoms with Crippen LogP contribution in [0.4, 0.5) is 4.39 Å². The van der Waals surface area contributed by atoms with Gasteiger partial charge >= 0.3 is 5.69 Å². The van der Waals surface area contributed by atoms with Crippen molar-refractivity contribution in [3.8, 4) is 5.69 Å². The first-order valence-corrected chi connectivity index (χ1v) is 9.06. The number of benzene rings is 2. The highest BCUT2D eigenvalue weighted by Crippen LogP contribution is 2.22. The molecule has 2 heterocycles. The van der Waals surface area contributed by atoms with Crippen molar-refractivity contribution in [2.75, 3.05) is 0 Å². The first kappa shape index (κ1) is 17.9. The highest BCUT2D eigenvalue weighted by molar-refractivity contribution is 5.72. The molecule has 6 nitrogen and oxygen atoms in total. The molecule has 0 radical (unpaired) electrons. The second kappa shape index (κ2) is 6.92. The van der Waals surface area contributed by atoms with E-state index >= 15 is 0 Å². The maximum Gasteiger partial charge on any atom is 0.337 e. The standard InChI is InChI=1S/C21H19FN4O2/c1-3-24-20(27)18-19(26(21(24)28)17-11-7-10-16(22)12-17)23-13-25(18)14(2)15-8-5-4-6-9-15/h4-14H,3H2,1-2H3. The lowest BCUT2D eigenvalue weighted by Crippen LogP contribution is -2.39. The second-order valence-electron chi connectivity index (χ2n) is 6.56. The van der Waals surface area contributed by atoms with Gasteiger partial charge in [-0.25, -0.2) is 18.7 Å². The zero-order chi connectivity index (χ0) is 19.8. The molecule has 0 saturated carbocycles. The normalized spacial score (nSPS) is 12.4. The van der Waals surface area contributed by atoms with Crippen molar-refractivity contribution in [2.24, 2.45) is 0 Å². The van der Waals surface area contributed by atoms with Crippen LogP contribution in [0.15, 0.2) is 70.5 Å². The minimum absolute atomic E-state index is 0.164. The Hall–Kier alpha value is -3.48. The van der Waals surface area contributed by atoms with Crippen molar-refractivity contribution in [3.63, 3.8) is 0 Å². The first-order valence-electron chi connectivity index (χ1n) is 9.06. The summed E-state index contributed by atoms with van der Waals surface area (Å²) < 4.78 is 18.0. The van der Waals surface area contributed by atoms with Crippen molar-refractivity contribution in [2.45, 2.75) is 26.4 Å². The van der Waals surface area contributed by atoms with Crippen LogP contribution in [0.3, 0.4) is 0 Å².